The van der Waals surface area contributed by atoms with Gasteiger partial charge in [-0.1, -0.05) is 65.0 Å². The Morgan fingerprint density at radius 1 is 1.21 bits per heavy atom. The van der Waals surface area contributed by atoms with Crippen LogP contribution in [0.4, 0.5) is 0 Å². The smallest absolute Gasteiger partial charge is 0.344 e. The van der Waals surface area contributed by atoms with Gasteiger partial charge in [-0.05, 0) is 72.5 Å². The average Bonchev–Trinajstić information content (AvgIpc) is 3.61. The molecule has 4 rings (SSSR count). The third-order valence-electron chi connectivity index (χ3n) is 10.7. The number of nitrogens with zero attached hydrogens (tertiary/aromatic N) is 2. The van der Waals surface area contributed by atoms with Crippen LogP contribution in [0, 0.1) is 34.0 Å². The Hall–Kier alpha value is -3.48. The number of hydrogen-bond donors (Lipinski definition) is 0. The molecule has 7 heteroatoms. The van der Waals surface area contributed by atoms with E-state index in [-0.39, 0.29) is 28.4 Å². The molecule has 43 heavy (non-hydrogen) atoms. The number of carbonyl (C=O) groups excluding carboxylic acids is 3. The molecule has 0 bridgehead atoms. The van der Waals surface area contributed by atoms with Crippen molar-refractivity contribution in [2.45, 2.75) is 86.3 Å². The first-order chi connectivity index (χ1) is 20.3. The normalized spacial score (nSPS) is 27.0. The van der Waals surface area contributed by atoms with Crippen molar-refractivity contribution in [2.75, 3.05) is 6.61 Å². The fraction of sp³-hybridized carbons (Fsp3) is 0.556. The summed E-state index contributed by atoms with van der Waals surface area (Å²) in [5, 5.41) is 0. The highest BCUT2D eigenvalue weighted by Gasteiger charge is 2.64. The van der Waals surface area contributed by atoms with Gasteiger partial charge in [-0.3, -0.25) is 4.79 Å². The van der Waals surface area contributed by atoms with Crippen molar-refractivity contribution in [3.63, 3.8) is 0 Å². The van der Waals surface area contributed by atoms with Gasteiger partial charge >= 0.3 is 11.9 Å². The molecular formula is C36H48N2O5. The number of Topliss-reactive ketones (excluding diaryl/α,β-unsaturated/α-hetero) is 1. The summed E-state index contributed by atoms with van der Waals surface area (Å²) in [5.41, 5.74) is 1.31. The number of rotatable bonds is 12. The van der Waals surface area contributed by atoms with Crippen molar-refractivity contribution in [2.24, 2.45) is 34.0 Å². The van der Waals surface area contributed by atoms with Crippen LogP contribution in [0.3, 0.4) is 0 Å². The monoisotopic (exact) mass is 588 g/mol. The molecule has 2 fully saturated rings. The van der Waals surface area contributed by atoms with Crippen LogP contribution in [0.1, 0.15) is 84.8 Å². The molecule has 6 atom stereocenters. The molecule has 1 heterocycles. The molecule has 1 aromatic heterocycles. The van der Waals surface area contributed by atoms with Crippen LogP contribution in [0.5, 0.6) is 0 Å². The lowest BCUT2D eigenvalue weighted by atomic mass is 9.47. The standard InChI is InChI=1S/C36H48N2O5/c1-8-34(5,6)21-26(3)36-17-15-25(2)35(7,33(36)30(39)16-18-36)27(4)43-32(41)23-42-31(40)14-13-28-9-11-29(12-10-28)22-38-20-19-37-24-38/h8-14,19-20,24-27,33H,1,15-18,21-23H2,2-7H3/b14-13+/t25-,26+,27-,33+,35+,36+/m1/s1. The van der Waals surface area contributed by atoms with Gasteiger partial charge in [0.05, 0.1) is 6.33 Å². The van der Waals surface area contributed by atoms with Gasteiger partial charge < -0.3 is 14.0 Å². The summed E-state index contributed by atoms with van der Waals surface area (Å²) in [6, 6.07) is 7.81. The van der Waals surface area contributed by atoms with E-state index in [0.717, 1.165) is 36.8 Å². The zero-order valence-corrected chi connectivity index (χ0v) is 26.7. The summed E-state index contributed by atoms with van der Waals surface area (Å²) in [6.07, 6.45) is 14.3. The molecular weight excluding hydrogens is 540 g/mol. The quantitative estimate of drug-likeness (QED) is 0.150. The minimum absolute atomic E-state index is 0.0233. The van der Waals surface area contributed by atoms with Crippen molar-refractivity contribution in [3.8, 4) is 0 Å². The number of fused-ring (bicyclic) bond motifs is 1. The van der Waals surface area contributed by atoms with Crippen molar-refractivity contribution < 1.29 is 23.9 Å². The number of ether oxygens (including phenoxy) is 2. The van der Waals surface area contributed by atoms with Gasteiger partial charge in [0.25, 0.3) is 0 Å². The Labute approximate surface area is 256 Å². The van der Waals surface area contributed by atoms with Gasteiger partial charge in [-0.2, -0.15) is 0 Å². The SMILES string of the molecule is C=CC(C)(C)C[C@H](C)[C@]12CCC(=O)[C@H]1[C@](C)([C@@H](C)OC(=O)COC(=O)/C=C/c1ccc(Cn3ccnc3)cc1)[C@H](C)CC2. The van der Waals surface area contributed by atoms with Crippen LogP contribution < -0.4 is 0 Å². The van der Waals surface area contributed by atoms with Crippen LogP contribution >= 0.6 is 0 Å². The van der Waals surface area contributed by atoms with E-state index >= 15 is 0 Å². The Kier molecular flexibility index (Phi) is 9.83. The van der Waals surface area contributed by atoms with Gasteiger partial charge in [0.2, 0.25) is 0 Å². The Bertz CT molecular complexity index is 1330. The summed E-state index contributed by atoms with van der Waals surface area (Å²) in [6.45, 7) is 17.1. The molecule has 2 aliphatic rings. The molecule has 0 saturated heterocycles. The summed E-state index contributed by atoms with van der Waals surface area (Å²) >= 11 is 0. The highest BCUT2D eigenvalue weighted by Crippen LogP contribution is 2.65. The highest BCUT2D eigenvalue weighted by molar-refractivity contribution is 5.88. The maximum Gasteiger partial charge on any atom is 0.344 e. The van der Waals surface area contributed by atoms with Gasteiger partial charge in [-0.15, -0.1) is 6.58 Å². The number of benzene rings is 1. The van der Waals surface area contributed by atoms with E-state index in [1.54, 1.807) is 18.6 Å². The number of allylic oxidation sites excluding steroid dienone is 1. The van der Waals surface area contributed by atoms with E-state index in [9.17, 15) is 14.4 Å². The van der Waals surface area contributed by atoms with Gasteiger partial charge in [0.15, 0.2) is 6.61 Å². The molecule has 0 radical (unpaired) electrons. The van der Waals surface area contributed by atoms with Gasteiger partial charge in [0, 0.05) is 42.8 Å². The number of ketones is 1. The van der Waals surface area contributed by atoms with Crippen molar-refractivity contribution >= 4 is 23.8 Å². The predicted molar refractivity (Wildman–Crippen MR) is 168 cm³/mol. The lowest BCUT2D eigenvalue weighted by Gasteiger charge is -2.57. The Morgan fingerprint density at radius 2 is 1.93 bits per heavy atom. The number of esters is 2. The predicted octanol–water partition coefficient (Wildman–Crippen LogP) is 7.06. The molecule has 0 amide bonds. The molecule has 2 saturated carbocycles. The molecule has 1 aromatic carbocycles. The van der Waals surface area contributed by atoms with Crippen LogP contribution in [0.15, 0.2) is 61.7 Å². The van der Waals surface area contributed by atoms with E-state index in [2.05, 4.69) is 46.2 Å². The molecule has 0 unspecified atom stereocenters. The van der Waals surface area contributed by atoms with Crippen molar-refractivity contribution in [3.05, 3.63) is 72.8 Å². The topological polar surface area (TPSA) is 87.5 Å². The summed E-state index contributed by atoms with van der Waals surface area (Å²) in [7, 11) is 0. The summed E-state index contributed by atoms with van der Waals surface area (Å²) < 4.78 is 13.1. The first kappa shape index (κ1) is 32.4. The second kappa shape index (κ2) is 13.0. The van der Waals surface area contributed by atoms with E-state index < -0.39 is 30.1 Å². The van der Waals surface area contributed by atoms with E-state index in [1.165, 1.54) is 6.08 Å². The fourth-order valence-electron chi connectivity index (χ4n) is 7.80. The number of aromatic nitrogens is 2. The Morgan fingerprint density at radius 3 is 2.58 bits per heavy atom. The largest absolute Gasteiger partial charge is 0.460 e. The Balaban J connectivity index is 1.35. The maximum absolute atomic E-state index is 13.6. The van der Waals surface area contributed by atoms with E-state index in [1.807, 2.05) is 48.0 Å². The van der Waals surface area contributed by atoms with E-state index in [0.29, 0.717) is 18.9 Å². The molecule has 232 valence electrons. The second-order valence-electron chi connectivity index (χ2n) is 13.8. The molecule has 2 aliphatic carbocycles. The van der Waals surface area contributed by atoms with Crippen LogP contribution in [0.2, 0.25) is 0 Å². The van der Waals surface area contributed by atoms with Crippen LogP contribution in [-0.2, 0) is 30.4 Å². The first-order valence-corrected chi connectivity index (χ1v) is 15.6. The highest BCUT2D eigenvalue weighted by atomic mass is 16.6. The lowest BCUT2D eigenvalue weighted by Crippen LogP contribution is -2.57. The number of carbonyl (C=O) groups is 3. The second-order valence-corrected chi connectivity index (χ2v) is 13.8. The number of imidazole rings is 1. The van der Waals surface area contributed by atoms with Gasteiger partial charge in [0.1, 0.15) is 11.9 Å². The molecule has 0 aliphatic heterocycles. The third-order valence-corrected chi connectivity index (χ3v) is 10.7. The van der Waals surface area contributed by atoms with Crippen molar-refractivity contribution in [1.82, 2.24) is 9.55 Å². The first-order valence-electron chi connectivity index (χ1n) is 15.6. The number of hydrogen-bond acceptors (Lipinski definition) is 6. The fourth-order valence-corrected chi connectivity index (χ4v) is 7.80. The summed E-state index contributed by atoms with van der Waals surface area (Å²) in [5.74, 6) is -0.591. The lowest BCUT2D eigenvalue weighted by molar-refractivity contribution is -0.182. The molecule has 2 aromatic rings. The van der Waals surface area contributed by atoms with Crippen molar-refractivity contribution in [1.29, 1.82) is 0 Å². The molecule has 0 N–H and O–H groups in total. The van der Waals surface area contributed by atoms with Crippen LogP contribution in [0.25, 0.3) is 6.08 Å². The molecule has 0 spiro atoms. The zero-order chi connectivity index (χ0) is 31.4. The van der Waals surface area contributed by atoms with Gasteiger partial charge in [-0.25, -0.2) is 14.6 Å². The van der Waals surface area contributed by atoms with Crippen LogP contribution in [-0.4, -0.2) is 40.0 Å². The maximum atomic E-state index is 13.6. The minimum atomic E-state index is -0.618. The summed E-state index contributed by atoms with van der Waals surface area (Å²) in [4.78, 5) is 42.9. The molecule has 7 nitrogen and oxygen atoms in total. The zero-order valence-electron chi connectivity index (χ0n) is 26.7. The van der Waals surface area contributed by atoms with E-state index in [4.69, 9.17) is 9.47 Å². The third kappa shape index (κ3) is 7.02. The average molecular weight is 589 g/mol. The minimum Gasteiger partial charge on any atom is -0.460 e.